The van der Waals surface area contributed by atoms with Crippen LogP contribution in [0.3, 0.4) is 0 Å². The van der Waals surface area contributed by atoms with Crippen molar-refractivity contribution in [2.75, 3.05) is 0 Å². The van der Waals surface area contributed by atoms with Crippen LogP contribution in [0.4, 0.5) is 0 Å². The van der Waals surface area contributed by atoms with Crippen LogP contribution in [-0.2, 0) is 0 Å². The third-order valence-corrected chi connectivity index (χ3v) is 2.92. The first-order chi connectivity index (χ1) is 9.36. The smallest absolute Gasteiger partial charge is 0.0346 e. The second kappa shape index (κ2) is 7.44. The van der Waals surface area contributed by atoms with Gasteiger partial charge >= 0.3 is 0 Å². The average molecular weight is 313 g/mol. The van der Waals surface area contributed by atoms with Crippen molar-refractivity contribution < 1.29 is 0 Å². The molecule has 94 valence electrons. The molecular weight excluding hydrogens is 300 g/mol. The minimum Gasteiger partial charge on any atom is -0.264 e. The van der Waals surface area contributed by atoms with E-state index in [9.17, 15) is 0 Å². The highest BCUT2D eigenvalue weighted by atomic mass is 79.9. The summed E-state index contributed by atoms with van der Waals surface area (Å²) in [6.45, 7) is 0. The molecule has 0 saturated heterocycles. The van der Waals surface area contributed by atoms with Crippen molar-refractivity contribution in [2.24, 2.45) is 0 Å². The first kappa shape index (κ1) is 13.4. The van der Waals surface area contributed by atoms with E-state index in [4.69, 9.17) is 0 Å². The molecule has 3 aromatic rings. The largest absolute Gasteiger partial charge is 0.264 e. The van der Waals surface area contributed by atoms with E-state index in [2.05, 4.69) is 25.9 Å². The van der Waals surface area contributed by atoms with Crippen LogP contribution in [0.5, 0.6) is 0 Å². The number of aromatic nitrogens is 2. The summed E-state index contributed by atoms with van der Waals surface area (Å²) in [7, 11) is 0. The van der Waals surface area contributed by atoms with Gasteiger partial charge in [0.15, 0.2) is 0 Å². The predicted octanol–water partition coefficient (Wildman–Crippen LogP) is 4.59. The molecule has 1 aromatic carbocycles. The average Bonchev–Trinajstić information content (AvgIpc) is 2.51. The molecule has 0 aliphatic carbocycles. The van der Waals surface area contributed by atoms with Crippen LogP contribution < -0.4 is 0 Å². The molecule has 0 amide bonds. The van der Waals surface area contributed by atoms with Gasteiger partial charge in [0, 0.05) is 40.4 Å². The van der Waals surface area contributed by atoms with Gasteiger partial charge in [0.25, 0.3) is 0 Å². The normalized spacial score (nSPS) is 9.32. The van der Waals surface area contributed by atoms with E-state index in [0.717, 1.165) is 15.6 Å². The lowest BCUT2D eigenvalue weighted by atomic mass is 10.1. The van der Waals surface area contributed by atoms with Gasteiger partial charge in [0.05, 0.1) is 0 Å². The van der Waals surface area contributed by atoms with Crippen molar-refractivity contribution >= 4 is 15.9 Å². The maximum absolute atomic E-state index is 4.03. The number of halogens is 1. The van der Waals surface area contributed by atoms with Crippen molar-refractivity contribution in [2.45, 2.75) is 0 Å². The molecule has 0 saturated carbocycles. The zero-order chi connectivity index (χ0) is 13.3. The van der Waals surface area contributed by atoms with Crippen LogP contribution in [0.15, 0.2) is 83.9 Å². The molecule has 0 fully saturated rings. The van der Waals surface area contributed by atoms with Gasteiger partial charge in [-0.25, -0.2) is 0 Å². The summed E-state index contributed by atoms with van der Waals surface area (Å²) in [5.41, 5.74) is 2.20. The summed E-state index contributed by atoms with van der Waals surface area (Å²) in [5.74, 6) is 0. The Balaban J connectivity index is 0.000000163. The van der Waals surface area contributed by atoms with E-state index in [1.54, 1.807) is 12.4 Å². The van der Waals surface area contributed by atoms with Crippen LogP contribution >= 0.6 is 15.9 Å². The maximum Gasteiger partial charge on any atom is 0.0346 e. The van der Waals surface area contributed by atoms with Gasteiger partial charge in [-0.1, -0.05) is 46.3 Å². The number of hydrogen-bond donors (Lipinski definition) is 0. The highest BCUT2D eigenvalue weighted by Gasteiger charge is 1.93. The van der Waals surface area contributed by atoms with E-state index in [-0.39, 0.29) is 0 Å². The number of benzene rings is 1. The summed E-state index contributed by atoms with van der Waals surface area (Å²) >= 11 is 3.31. The Bertz CT molecular complexity index is 545. The van der Waals surface area contributed by atoms with Gasteiger partial charge in [0.1, 0.15) is 0 Å². The molecule has 19 heavy (non-hydrogen) atoms. The van der Waals surface area contributed by atoms with Gasteiger partial charge in [-0.15, -0.1) is 0 Å². The van der Waals surface area contributed by atoms with E-state index >= 15 is 0 Å². The van der Waals surface area contributed by atoms with E-state index in [0.29, 0.717) is 0 Å². The molecule has 0 N–H and O–H groups in total. The zero-order valence-corrected chi connectivity index (χ0v) is 11.9. The SMILES string of the molecule is Brc1ccccc1.c1cncc(-c2cccnc2)c1. The van der Waals surface area contributed by atoms with Crippen LogP contribution in [-0.4, -0.2) is 9.97 Å². The molecule has 0 radical (unpaired) electrons. The molecule has 3 rings (SSSR count). The highest BCUT2D eigenvalue weighted by Crippen LogP contribution is 2.14. The number of hydrogen-bond acceptors (Lipinski definition) is 2. The maximum atomic E-state index is 4.03. The molecule has 2 nitrogen and oxygen atoms in total. The van der Waals surface area contributed by atoms with Crippen molar-refractivity contribution in [3.63, 3.8) is 0 Å². The monoisotopic (exact) mass is 312 g/mol. The van der Waals surface area contributed by atoms with Crippen LogP contribution in [0.25, 0.3) is 11.1 Å². The van der Waals surface area contributed by atoms with Gasteiger partial charge < -0.3 is 0 Å². The summed E-state index contributed by atoms with van der Waals surface area (Å²) < 4.78 is 1.13. The number of nitrogens with zero attached hydrogens (tertiary/aromatic N) is 2. The quantitative estimate of drug-likeness (QED) is 0.656. The van der Waals surface area contributed by atoms with Gasteiger partial charge in [-0.3, -0.25) is 9.97 Å². The first-order valence-corrected chi connectivity index (χ1v) is 6.66. The second-order valence-electron chi connectivity index (χ2n) is 3.78. The van der Waals surface area contributed by atoms with E-state index in [1.165, 1.54) is 0 Å². The van der Waals surface area contributed by atoms with Crippen molar-refractivity contribution in [3.8, 4) is 11.1 Å². The van der Waals surface area contributed by atoms with Crippen LogP contribution in [0.2, 0.25) is 0 Å². The molecule has 0 aliphatic heterocycles. The van der Waals surface area contributed by atoms with E-state index < -0.39 is 0 Å². The molecule has 0 unspecified atom stereocenters. The van der Waals surface area contributed by atoms with Crippen molar-refractivity contribution in [1.82, 2.24) is 9.97 Å². The lowest BCUT2D eigenvalue weighted by molar-refractivity contribution is 1.30. The Morgan fingerprint density at radius 2 is 1.16 bits per heavy atom. The standard InChI is InChI=1S/C10H8N2.C6H5Br/c1-3-9(7-11-5-1)10-4-2-6-12-8-10;7-6-4-2-1-3-5-6/h1-8H;1-5H. The topological polar surface area (TPSA) is 25.8 Å². The molecule has 3 heteroatoms. The Morgan fingerprint density at radius 1 is 0.632 bits per heavy atom. The van der Waals surface area contributed by atoms with Crippen molar-refractivity contribution in [3.05, 3.63) is 83.9 Å². The third-order valence-electron chi connectivity index (χ3n) is 2.39. The highest BCUT2D eigenvalue weighted by molar-refractivity contribution is 9.10. The summed E-state index contributed by atoms with van der Waals surface area (Å²) in [6, 6.07) is 17.8. The van der Waals surface area contributed by atoms with Crippen molar-refractivity contribution in [1.29, 1.82) is 0 Å². The fourth-order valence-electron chi connectivity index (χ4n) is 1.48. The molecule has 2 aromatic heterocycles. The number of pyridine rings is 2. The second-order valence-corrected chi connectivity index (χ2v) is 4.69. The van der Waals surface area contributed by atoms with Gasteiger partial charge in [-0.2, -0.15) is 0 Å². The predicted molar refractivity (Wildman–Crippen MR) is 81.6 cm³/mol. The Hall–Kier alpha value is -2.00. The zero-order valence-electron chi connectivity index (χ0n) is 10.3. The molecule has 0 spiro atoms. The Kier molecular flexibility index (Phi) is 5.26. The molecule has 2 heterocycles. The fourth-order valence-corrected chi connectivity index (χ4v) is 1.79. The first-order valence-electron chi connectivity index (χ1n) is 5.87. The lowest BCUT2D eigenvalue weighted by Gasteiger charge is -1.97. The van der Waals surface area contributed by atoms with E-state index in [1.807, 2.05) is 67.0 Å². The summed E-state index contributed by atoms with van der Waals surface area (Å²) in [5, 5.41) is 0. The summed E-state index contributed by atoms with van der Waals surface area (Å²) in [4.78, 5) is 8.07. The fraction of sp³-hybridized carbons (Fsp3) is 0. The lowest BCUT2D eigenvalue weighted by Crippen LogP contribution is -1.79. The minimum absolute atomic E-state index is 1.10. The molecule has 0 bridgehead atoms. The molecular formula is C16H13BrN2. The van der Waals surface area contributed by atoms with Gasteiger partial charge in [-0.05, 0) is 24.3 Å². The van der Waals surface area contributed by atoms with Gasteiger partial charge in [0.2, 0.25) is 0 Å². The van der Waals surface area contributed by atoms with Crippen LogP contribution in [0.1, 0.15) is 0 Å². The minimum atomic E-state index is 1.10. The summed E-state index contributed by atoms with van der Waals surface area (Å²) in [6.07, 6.45) is 7.19. The van der Waals surface area contributed by atoms with Crippen LogP contribution in [0, 0.1) is 0 Å². The Labute approximate surface area is 121 Å². The third kappa shape index (κ3) is 4.64. The number of rotatable bonds is 1. The molecule has 0 atom stereocenters. The Morgan fingerprint density at radius 3 is 1.47 bits per heavy atom. The molecule has 0 aliphatic rings.